The molecule has 102 valence electrons. The molecule has 1 aliphatic heterocycles. The minimum absolute atomic E-state index is 0.0855. The molecule has 0 bridgehead atoms. The molecule has 1 saturated heterocycles. The van der Waals surface area contributed by atoms with E-state index in [4.69, 9.17) is 9.78 Å². The van der Waals surface area contributed by atoms with Crippen LogP contribution in [0.4, 0.5) is 0 Å². The predicted molar refractivity (Wildman–Crippen MR) is 74.1 cm³/mol. The molecule has 18 heavy (non-hydrogen) atoms. The summed E-state index contributed by atoms with van der Waals surface area (Å²) in [5.74, 6) is 0.117. The van der Waals surface area contributed by atoms with Crippen molar-refractivity contribution in [1.29, 1.82) is 0 Å². The Morgan fingerprint density at radius 1 is 1.28 bits per heavy atom. The zero-order valence-corrected chi connectivity index (χ0v) is 11.6. The van der Waals surface area contributed by atoms with Crippen LogP contribution in [-0.4, -0.2) is 18.0 Å². The van der Waals surface area contributed by atoms with E-state index in [1.165, 1.54) is 0 Å². The maximum Gasteiger partial charge on any atom is 0.165 e. The largest absolute Gasteiger partial charge is 0.294 e. The van der Waals surface area contributed by atoms with E-state index in [-0.39, 0.29) is 18.0 Å². The molecule has 2 atom stereocenters. The molecule has 0 aromatic rings. The molecule has 1 heterocycles. The van der Waals surface area contributed by atoms with Gasteiger partial charge in [-0.15, -0.1) is 13.2 Å². The van der Waals surface area contributed by atoms with Gasteiger partial charge in [-0.25, -0.2) is 9.78 Å². The van der Waals surface area contributed by atoms with E-state index in [1.807, 2.05) is 32.1 Å². The van der Waals surface area contributed by atoms with Crippen LogP contribution in [0.15, 0.2) is 37.0 Å². The van der Waals surface area contributed by atoms with Gasteiger partial charge in [-0.3, -0.25) is 4.79 Å². The van der Waals surface area contributed by atoms with Gasteiger partial charge in [0.15, 0.2) is 5.78 Å². The normalized spacial score (nSPS) is 23.8. The lowest BCUT2D eigenvalue weighted by molar-refractivity contribution is -0.296. The minimum Gasteiger partial charge on any atom is -0.294 e. The first-order chi connectivity index (χ1) is 8.71. The Bertz CT molecular complexity index is 305. The van der Waals surface area contributed by atoms with E-state index in [1.54, 1.807) is 0 Å². The van der Waals surface area contributed by atoms with Crippen molar-refractivity contribution in [3.05, 3.63) is 37.0 Å². The van der Waals surface area contributed by atoms with E-state index in [9.17, 15) is 4.79 Å². The molecule has 2 unspecified atom stereocenters. The Hall–Kier alpha value is -1.19. The Morgan fingerprint density at radius 3 is 2.33 bits per heavy atom. The second kappa shape index (κ2) is 9.80. The van der Waals surface area contributed by atoms with Crippen LogP contribution < -0.4 is 0 Å². The smallest absolute Gasteiger partial charge is 0.165 e. The quantitative estimate of drug-likeness (QED) is 0.323. The summed E-state index contributed by atoms with van der Waals surface area (Å²) in [5, 5.41) is 0. The third-order valence-electron chi connectivity index (χ3n) is 2.70. The number of ketones is 1. The highest BCUT2D eigenvalue weighted by atomic mass is 17.2. The van der Waals surface area contributed by atoms with Crippen molar-refractivity contribution in [3.8, 4) is 0 Å². The minimum atomic E-state index is -0.0855. The fraction of sp³-hybridized carbons (Fsp3) is 0.533. The van der Waals surface area contributed by atoms with Gasteiger partial charge in [-0.2, -0.15) is 0 Å². The standard InChI is InChI=1S/C13H20O3.C2H4/c1-4-7-10(5-2)13(14)9-12-8-11(6-3)15-16-12;1-2/h4-5,7,11-12H,6,8-9H2,1-3H3;1-2H2/b7-4-,10-5+;. The van der Waals surface area contributed by atoms with Crippen molar-refractivity contribution in [1.82, 2.24) is 0 Å². The van der Waals surface area contributed by atoms with Gasteiger partial charge in [0.1, 0.15) is 6.10 Å². The van der Waals surface area contributed by atoms with E-state index < -0.39 is 0 Å². The number of rotatable bonds is 5. The van der Waals surface area contributed by atoms with Gasteiger partial charge < -0.3 is 0 Å². The van der Waals surface area contributed by atoms with E-state index in [0.29, 0.717) is 6.42 Å². The fourth-order valence-electron chi connectivity index (χ4n) is 1.74. The topological polar surface area (TPSA) is 35.5 Å². The molecule has 1 aliphatic rings. The summed E-state index contributed by atoms with van der Waals surface area (Å²) in [6.07, 6.45) is 7.73. The van der Waals surface area contributed by atoms with Crippen LogP contribution in [0.25, 0.3) is 0 Å². The molecule has 1 fully saturated rings. The average molecular weight is 252 g/mol. The molecule has 1 rings (SSSR count). The number of hydrogen-bond donors (Lipinski definition) is 0. The summed E-state index contributed by atoms with van der Waals surface area (Å²) in [5.41, 5.74) is 0.742. The SMILES string of the molecule is C/C=C\C(=C/C)C(=O)CC1CC(CC)OO1.C=C. The Balaban J connectivity index is 0.00000137. The molecule has 3 nitrogen and oxygen atoms in total. The molecule has 0 N–H and O–H groups in total. The zero-order chi connectivity index (χ0) is 14.0. The van der Waals surface area contributed by atoms with Gasteiger partial charge in [0.25, 0.3) is 0 Å². The highest BCUT2D eigenvalue weighted by Gasteiger charge is 2.28. The van der Waals surface area contributed by atoms with Crippen LogP contribution in [0.2, 0.25) is 0 Å². The maximum atomic E-state index is 11.9. The Labute approximate surface area is 110 Å². The van der Waals surface area contributed by atoms with Gasteiger partial charge >= 0.3 is 0 Å². The molecule has 0 radical (unpaired) electrons. The van der Waals surface area contributed by atoms with Crippen molar-refractivity contribution < 1.29 is 14.6 Å². The number of Topliss-reactive ketones (excluding diaryl/α,β-unsaturated/α-hetero) is 1. The second-order valence-electron chi connectivity index (χ2n) is 3.95. The highest BCUT2D eigenvalue weighted by Crippen LogP contribution is 2.23. The maximum absolute atomic E-state index is 11.9. The van der Waals surface area contributed by atoms with Crippen molar-refractivity contribution in [2.45, 2.75) is 52.2 Å². The number of carbonyl (C=O) groups excluding carboxylic acids is 1. The number of carbonyl (C=O) groups is 1. The van der Waals surface area contributed by atoms with Gasteiger partial charge in [-0.05, 0) is 20.3 Å². The van der Waals surface area contributed by atoms with Crippen molar-refractivity contribution in [2.75, 3.05) is 0 Å². The highest BCUT2D eigenvalue weighted by molar-refractivity contribution is 5.98. The van der Waals surface area contributed by atoms with Crippen LogP contribution in [-0.2, 0) is 14.6 Å². The van der Waals surface area contributed by atoms with Gasteiger partial charge in [0.05, 0.1) is 6.10 Å². The Kier molecular flexibility index (Phi) is 9.15. The third-order valence-corrected chi connectivity index (χ3v) is 2.70. The molecule has 0 spiro atoms. The first-order valence-corrected chi connectivity index (χ1v) is 6.35. The van der Waals surface area contributed by atoms with E-state index >= 15 is 0 Å². The predicted octanol–water partition coefficient (Wildman–Crippen LogP) is 3.77. The molecule has 0 amide bonds. The summed E-state index contributed by atoms with van der Waals surface area (Å²) >= 11 is 0. The van der Waals surface area contributed by atoms with Crippen molar-refractivity contribution in [2.24, 2.45) is 0 Å². The van der Waals surface area contributed by atoms with E-state index in [2.05, 4.69) is 20.1 Å². The average Bonchev–Trinajstić information content (AvgIpc) is 2.85. The van der Waals surface area contributed by atoms with Crippen LogP contribution in [0, 0.1) is 0 Å². The van der Waals surface area contributed by atoms with Crippen molar-refractivity contribution in [3.63, 3.8) is 0 Å². The summed E-state index contributed by atoms with van der Waals surface area (Å²) in [6, 6.07) is 0. The Morgan fingerprint density at radius 2 is 1.89 bits per heavy atom. The molecular weight excluding hydrogens is 228 g/mol. The monoisotopic (exact) mass is 252 g/mol. The third kappa shape index (κ3) is 5.43. The number of allylic oxidation sites excluding steroid dienone is 4. The van der Waals surface area contributed by atoms with Gasteiger partial charge in [0.2, 0.25) is 0 Å². The summed E-state index contributed by atoms with van der Waals surface area (Å²) in [7, 11) is 0. The lowest BCUT2D eigenvalue weighted by Crippen LogP contribution is -2.14. The van der Waals surface area contributed by atoms with Crippen LogP contribution >= 0.6 is 0 Å². The lowest BCUT2D eigenvalue weighted by atomic mass is 10.0. The molecular formula is C15H24O3. The fourth-order valence-corrected chi connectivity index (χ4v) is 1.74. The first kappa shape index (κ1) is 16.8. The zero-order valence-electron chi connectivity index (χ0n) is 11.6. The molecule has 0 aromatic heterocycles. The molecule has 0 aliphatic carbocycles. The summed E-state index contributed by atoms with van der Waals surface area (Å²) < 4.78 is 0. The molecule has 0 aromatic carbocycles. The molecule has 0 saturated carbocycles. The van der Waals surface area contributed by atoms with Crippen LogP contribution in [0.5, 0.6) is 0 Å². The second-order valence-corrected chi connectivity index (χ2v) is 3.95. The van der Waals surface area contributed by atoms with E-state index in [0.717, 1.165) is 18.4 Å². The van der Waals surface area contributed by atoms with Crippen molar-refractivity contribution >= 4 is 5.78 Å². The molecule has 3 heteroatoms. The number of hydrogen-bond acceptors (Lipinski definition) is 3. The lowest BCUT2D eigenvalue weighted by Gasteiger charge is -2.05. The summed E-state index contributed by atoms with van der Waals surface area (Å²) in [4.78, 5) is 22.1. The van der Waals surface area contributed by atoms with Gasteiger partial charge in [0, 0.05) is 18.4 Å². The van der Waals surface area contributed by atoms with Gasteiger partial charge in [-0.1, -0.05) is 25.2 Å². The summed E-state index contributed by atoms with van der Waals surface area (Å²) in [6.45, 7) is 11.8. The first-order valence-electron chi connectivity index (χ1n) is 6.35. The van der Waals surface area contributed by atoms with Crippen LogP contribution in [0.1, 0.15) is 40.0 Å². The van der Waals surface area contributed by atoms with Crippen LogP contribution in [0.3, 0.4) is 0 Å².